The van der Waals surface area contributed by atoms with E-state index in [0.29, 0.717) is 57.4 Å². The lowest BCUT2D eigenvalue weighted by Crippen LogP contribution is -2.57. The maximum atomic E-state index is 13.3. The summed E-state index contributed by atoms with van der Waals surface area (Å²) in [4.78, 5) is 61.4. The van der Waals surface area contributed by atoms with Crippen molar-refractivity contribution in [3.63, 3.8) is 0 Å². The molecule has 3 amide bonds. The number of rotatable bonds is 21. The van der Waals surface area contributed by atoms with Gasteiger partial charge in [-0.1, -0.05) is 0 Å². The molecule has 0 aromatic carbocycles. The Hall–Kier alpha value is -3.76. The van der Waals surface area contributed by atoms with Crippen molar-refractivity contribution in [1.29, 1.82) is 0 Å². The van der Waals surface area contributed by atoms with Crippen molar-refractivity contribution in [3.05, 3.63) is 18.2 Å². The largest absolute Gasteiger partial charge is 0.480 e. The quantitative estimate of drug-likeness (QED) is 0.0409. The number of aliphatic imine (C=N–C) groups is 1. The van der Waals surface area contributed by atoms with Gasteiger partial charge in [-0.3, -0.25) is 19.4 Å². The molecule has 0 radical (unpaired) electrons. The maximum absolute atomic E-state index is 13.3. The van der Waals surface area contributed by atoms with E-state index in [1.807, 2.05) is 0 Å². The molecule has 4 atom stereocenters. The summed E-state index contributed by atoms with van der Waals surface area (Å²) >= 11 is 0. The Kier molecular flexibility index (Phi) is 16.6. The van der Waals surface area contributed by atoms with E-state index >= 15 is 0 Å². The summed E-state index contributed by atoms with van der Waals surface area (Å²) in [5.41, 5.74) is 28.3. The van der Waals surface area contributed by atoms with Crippen LogP contribution < -0.4 is 44.6 Å². The highest BCUT2D eigenvalue weighted by molar-refractivity contribution is 5.94. The van der Waals surface area contributed by atoms with E-state index in [9.17, 15) is 24.3 Å². The van der Waals surface area contributed by atoms with Crippen molar-refractivity contribution in [2.24, 2.45) is 33.7 Å². The number of amides is 3. The molecule has 0 spiro atoms. The van der Waals surface area contributed by atoms with Crippen LogP contribution in [-0.2, 0) is 25.6 Å². The number of imidazole rings is 1. The first-order valence-corrected chi connectivity index (χ1v) is 13.4. The molecule has 1 aromatic heterocycles. The number of carboxylic acids is 1. The first-order valence-electron chi connectivity index (χ1n) is 13.4. The van der Waals surface area contributed by atoms with Crippen molar-refractivity contribution in [3.8, 4) is 0 Å². The monoisotopic (exact) mass is 567 g/mol. The molecule has 4 unspecified atom stereocenters. The van der Waals surface area contributed by atoms with E-state index in [0.717, 1.165) is 0 Å². The van der Waals surface area contributed by atoms with Crippen LogP contribution in [0.25, 0.3) is 0 Å². The second-order valence-corrected chi connectivity index (χ2v) is 9.43. The summed E-state index contributed by atoms with van der Waals surface area (Å²) in [5.74, 6) is -3.09. The Labute approximate surface area is 233 Å². The first kappa shape index (κ1) is 34.3. The molecule has 0 aliphatic rings. The van der Waals surface area contributed by atoms with Crippen molar-refractivity contribution < 1.29 is 24.3 Å². The first-order chi connectivity index (χ1) is 19.1. The number of H-pyrrole nitrogens is 1. The van der Waals surface area contributed by atoms with Crippen molar-refractivity contribution in [2.45, 2.75) is 82.0 Å². The molecule has 1 heterocycles. The lowest BCUT2D eigenvalue weighted by molar-refractivity contribution is -0.142. The highest BCUT2D eigenvalue weighted by Gasteiger charge is 2.30. The molecule has 16 heteroatoms. The van der Waals surface area contributed by atoms with E-state index in [1.165, 1.54) is 12.5 Å². The van der Waals surface area contributed by atoms with Gasteiger partial charge >= 0.3 is 5.97 Å². The average Bonchev–Trinajstić information content (AvgIpc) is 3.42. The number of carboxylic acid groups (broad SMARTS) is 1. The van der Waals surface area contributed by atoms with Gasteiger partial charge < -0.3 is 54.7 Å². The molecule has 0 aliphatic carbocycles. The molecule has 0 saturated carbocycles. The van der Waals surface area contributed by atoms with Gasteiger partial charge in [0.05, 0.1) is 12.4 Å². The van der Waals surface area contributed by atoms with Crippen LogP contribution in [-0.4, -0.2) is 88.5 Å². The smallest absolute Gasteiger partial charge is 0.326 e. The van der Waals surface area contributed by atoms with E-state index in [-0.39, 0.29) is 31.6 Å². The SMILES string of the molecule is NCCCCC(NC(=O)C(N)CCCN=C(N)N)C(=O)NC(CCCCN)C(=O)NC(Cc1cnc[nH]1)C(=O)O. The molecule has 15 N–H and O–H groups in total. The summed E-state index contributed by atoms with van der Waals surface area (Å²) in [5, 5.41) is 17.5. The Morgan fingerprint density at radius 2 is 1.40 bits per heavy atom. The Morgan fingerprint density at radius 3 is 1.88 bits per heavy atom. The number of hydrogen-bond acceptors (Lipinski definition) is 9. The number of nitrogens with one attached hydrogen (secondary N) is 4. The molecule has 40 heavy (non-hydrogen) atoms. The van der Waals surface area contributed by atoms with Crippen LogP contribution in [0, 0.1) is 0 Å². The van der Waals surface area contributed by atoms with Crippen LogP contribution >= 0.6 is 0 Å². The van der Waals surface area contributed by atoms with Crippen LogP contribution in [0.1, 0.15) is 57.1 Å². The molecule has 16 nitrogen and oxygen atoms in total. The number of aromatic amines is 1. The van der Waals surface area contributed by atoms with E-state index in [1.54, 1.807) is 0 Å². The lowest BCUT2D eigenvalue weighted by Gasteiger charge is -2.25. The topological polar surface area (TPSA) is 296 Å². The average molecular weight is 568 g/mol. The number of carbonyl (C=O) groups excluding carboxylic acids is 3. The third-order valence-corrected chi connectivity index (χ3v) is 6.06. The van der Waals surface area contributed by atoms with E-state index in [2.05, 4.69) is 30.9 Å². The van der Waals surface area contributed by atoms with Gasteiger partial charge in [0.1, 0.15) is 18.1 Å². The summed E-state index contributed by atoms with van der Waals surface area (Å²) in [7, 11) is 0. The second-order valence-electron chi connectivity index (χ2n) is 9.43. The molecule has 226 valence electrons. The maximum Gasteiger partial charge on any atom is 0.326 e. The highest BCUT2D eigenvalue weighted by atomic mass is 16.4. The molecule has 1 rings (SSSR count). The van der Waals surface area contributed by atoms with Crippen LogP contribution in [0.3, 0.4) is 0 Å². The zero-order valence-corrected chi connectivity index (χ0v) is 22.8. The number of nitrogens with two attached hydrogens (primary N) is 5. The van der Waals surface area contributed by atoms with Crippen LogP contribution in [0.4, 0.5) is 0 Å². The molecular formula is C24H45N11O5. The normalized spacial score (nSPS) is 13.9. The molecule has 0 saturated heterocycles. The fourth-order valence-corrected chi connectivity index (χ4v) is 3.81. The number of unbranched alkanes of at least 4 members (excludes halogenated alkanes) is 2. The Bertz CT molecular complexity index is 938. The number of aromatic nitrogens is 2. The zero-order chi connectivity index (χ0) is 29.9. The summed E-state index contributed by atoms with van der Waals surface area (Å²) < 4.78 is 0. The van der Waals surface area contributed by atoms with Crippen LogP contribution in [0.15, 0.2) is 17.5 Å². The molecule has 0 bridgehead atoms. The Balaban J connectivity index is 2.93. The van der Waals surface area contributed by atoms with Gasteiger partial charge in [-0.2, -0.15) is 0 Å². The number of aliphatic carboxylic acids is 1. The van der Waals surface area contributed by atoms with Gasteiger partial charge in [0, 0.05) is 24.9 Å². The number of carbonyl (C=O) groups is 4. The Morgan fingerprint density at radius 1 is 0.850 bits per heavy atom. The fraction of sp³-hybridized carbons (Fsp3) is 0.667. The molecular weight excluding hydrogens is 522 g/mol. The molecule has 1 aromatic rings. The van der Waals surface area contributed by atoms with Gasteiger partial charge in [-0.25, -0.2) is 9.78 Å². The second kappa shape index (κ2) is 19.3. The fourth-order valence-electron chi connectivity index (χ4n) is 3.81. The minimum atomic E-state index is -1.25. The summed E-state index contributed by atoms with van der Waals surface area (Å²) in [6.07, 6.45) is 6.36. The van der Waals surface area contributed by atoms with Gasteiger partial charge in [0.2, 0.25) is 17.7 Å². The highest BCUT2D eigenvalue weighted by Crippen LogP contribution is 2.08. The van der Waals surface area contributed by atoms with Crippen molar-refractivity contribution in [1.82, 2.24) is 25.9 Å². The van der Waals surface area contributed by atoms with Crippen molar-refractivity contribution in [2.75, 3.05) is 19.6 Å². The van der Waals surface area contributed by atoms with Crippen molar-refractivity contribution >= 4 is 29.7 Å². The van der Waals surface area contributed by atoms with E-state index < -0.39 is 47.9 Å². The van der Waals surface area contributed by atoms with Gasteiger partial charge in [0.25, 0.3) is 0 Å². The summed E-state index contributed by atoms with van der Waals surface area (Å²) in [6.45, 7) is 1.10. The number of hydrogen-bond donors (Lipinski definition) is 10. The predicted molar refractivity (Wildman–Crippen MR) is 149 cm³/mol. The predicted octanol–water partition coefficient (Wildman–Crippen LogP) is -2.87. The minimum Gasteiger partial charge on any atom is -0.480 e. The molecule has 0 aliphatic heterocycles. The minimum absolute atomic E-state index is 0.0244. The van der Waals surface area contributed by atoms with E-state index in [4.69, 9.17) is 28.7 Å². The third-order valence-electron chi connectivity index (χ3n) is 6.06. The number of nitrogens with zero attached hydrogens (tertiary/aromatic N) is 2. The third kappa shape index (κ3) is 13.9. The summed E-state index contributed by atoms with van der Waals surface area (Å²) in [6, 6.07) is -4.18. The number of guanidine groups is 1. The molecule has 0 fully saturated rings. The lowest BCUT2D eigenvalue weighted by atomic mass is 10.0. The van der Waals surface area contributed by atoms with Gasteiger partial charge in [-0.15, -0.1) is 0 Å². The van der Waals surface area contributed by atoms with Crippen LogP contribution in [0.2, 0.25) is 0 Å². The zero-order valence-electron chi connectivity index (χ0n) is 22.8. The van der Waals surface area contributed by atoms with Crippen LogP contribution in [0.5, 0.6) is 0 Å². The van der Waals surface area contributed by atoms with Gasteiger partial charge in [0.15, 0.2) is 5.96 Å². The standard InChI is InChI=1S/C24H45N11O5/c25-9-3-1-7-17(33-20(36)16(27)6-5-11-31-24(28)29)21(37)34-18(8-2-4-10-26)22(38)35-19(23(39)40)12-15-13-30-14-32-15/h13-14,16-19H,1-12,25-27H2,(H,30,32)(H,33,36)(H,34,37)(H,35,38)(H,39,40)(H4,28,29,31). The van der Waals surface area contributed by atoms with Gasteiger partial charge in [-0.05, 0) is 64.5 Å².